The molecule has 1 unspecified atom stereocenters. The molecule has 116 valence electrons. The Labute approximate surface area is 133 Å². The van der Waals surface area contributed by atoms with E-state index in [0.717, 1.165) is 0 Å². The number of carbonyl (C=O) groups excluding carboxylic acids is 2. The van der Waals surface area contributed by atoms with E-state index in [1.165, 1.54) is 35.5 Å². The molecule has 0 N–H and O–H groups in total. The Bertz CT molecular complexity index is 622. The van der Waals surface area contributed by atoms with Gasteiger partial charge in [0.2, 0.25) is 11.8 Å². The molecule has 1 atom stereocenters. The molecular weight excluding hydrogens is 302 g/mol. The largest absolute Gasteiger partial charge is 0.465 e. The van der Waals surface area contributed by atoms with Crippen LogP contribution < -0.4 is 0 Å². The first kappa shape index (κ1) is 16.1. The standard InChI is InChI=1S/C15H17N3O3S/c1-4-9-17(11(2)19)15-16-18(12(3)20)14(22-15)8-7-13-6-5-10-21-13/h4-8,10,14H,1,9H2,2-3H3/b8-7+. The van der Waals surface area contributed by atoms with E-state index in [4.69, 9.17) is 4.42 Å². The van der Waals surface area contributed by atoms with Crippen LogP contribution in [0.4, 0.5) is 0 Å². The Morgan fingerprint density at radius 1 is 1.55 bits per heavy atom. The number of amides is 2. The number of amidine groups is 1. The molecule has 0 aliphatic carbocycles. The first-order valence-corrected chi connectivity index (χ1v) is 7.56. The SMILES string of the molecule is C=CCN(C(C)=O)C1=NN(C(C)=O)C(/C=C/c2ccco2)S1. The Morgan fingerprint density at radius 2 is 2.32 bits per heavy atom. The monoisotopic (exact) mass is 319 g/mol. The third-order valence-corrected chi connectivity index (χ3v) is 3.99. The van der Waals surface area contributed by atoms with Gasteiger partial charge in [-0.15, -0.1) is 11.7 Å². The van der Waals surface area contributed by atoms with E-state index in [2.05, 4.69) is 11.7 Å². The molecule has 1 aliphatic heterocycles. The summed E-state index contributed by atoms with van der Waals surface area (Å²) in [5.41, 5.74) is 0. The van der Waals surface area contributed by atoms with Gasteiger partial charge in [-0.05, 0) is 24.3 Å². The highest BCUT2D eigenvalue weighted by Gasteiger charge is 2.32. The van der Waals surface area contributed by atoms with E-state index in [1.54, 1.807) is 24.5 Å². The lowest BCUT2D eigenvalue weighted by Crippen LogP contribution is -2.32. The number of thioether (sulfide) groups is 1. The second-order valence-corrected chi connectivity index (χ2v) is 5.63. The minimum absolute atomic E-state index is 0.148. The van der Waals surface area contributed by atoms with Crippen LogP contribution in [0.3, 0.4) is 0 Å². The van der Waals surface area contributed by atoms with E-state index < -0.39 is 0 Å². The number of hydrazone groups is 1. The second-order valence-electron chi connectivity index (χ2n) is 4.55. The summed E-state index contributed by atoms with van der Waals surface area (Å²) in [6, 6.07) is 3.60. The number of hydrogen-bond donors (Lipinski definition) is 0. The van der Waals surface area contributed by atoms with Crippen molar-refractivity contribution in [2.45, 2.75) is 19.2 Å². The first-order chi connectivity index (χ1) is 10.5. The van der Waals surface area contributed by atoms with Gasteiger partial charge in [0.25, 0.3) is 0 Å². The molecule has 0 radical (unpaired) electrons. The van der Waals surface area contributed by atoms with Crippen molar-refractivity contribution in [3.8, 4) is 0 Å². The summed E-state index contributed by atoms with van der Waals surface area (Å²) in [6.45, 7) is 6.87. The Morgan fingerprint density at radius 3 is 2.86 bits per heavy atom. The van der Waals surface area contributed by atoms with Crippen molar-refractivity contribution in [3.63, 3.8) is 0 Å². The molecule has 1 aliphatic rings. The fourth-order valence-electron chi connectivity index (χ4n) is 1.85. The van der Waals surface area contributed by atoms with Crippen LogP contribution in [0, 0.1) is 0 Å². The number of carbonyl (C=O) groups is 2. The molecule has 0 saturated heterocycles. The summed E-state index contributed by atoms with van der Waals surface area (Å²) in [5.74, 6) is 0.344. The van der Waals surface area contributed by atoms with Crippen LogP contribution in [-0.2, 0) is 9.59 Å². The average molecular weight is 319 g/mol. The molecule has 7 heteroatoms. The molecule has 0 aromatic carbocycles. The van der Waals surface area contributed by atoms with E-state index in [-0.39, 0.29) is 17.2 Å². The molecule has 1 aromatic rings. The minimum atomic E-state index is -0.315. The third kappa shape index (κ3) is 3.67. The van der Waals surface area contributed by atoms with Crippen LogP contribution in [0.2, 0.25) is 0 Å². The molecular formula is C15H17N3O3S. The maximum Gasteiger partial charge on any atom is 0.241 e. The Balaban J connectivity index is 2.18. The van der Waals surface area contributed by atoms with Gasteiger partial charge in [0.05, 0.1) is 6.26 Å². The quantitative estimate of drug-likeness (QED) is 0.800. The van der Waals surface area contributed by atoms with Gasteiger partial charge in [-0.2, -0.15) is 0 Å². The molecule has 2 heterocycles. The zero-order valence-corrected chi connectivity index (χ0v) is 13.2. The van der Waals surface area contributed by atoms with E-state index in [1.807, 2.05) is 12.1 Å². The highest BCUT2D eigenvalue weighted by atomic mass is 32.2. The summed E-state index contributed by atoms with van der Waals surface area (Å²) in [6.07, 6.45) is 6.79. The molecule has 0 saturated carbocycles. The van der Waals surface area contributed by atoms with Gasteiger partial charge in [-0.1, -0.05) is 17.8 Å². The molecule has 22 heavy (non-hydrogen) atoms. The molecule has 2 rings (SSSR count). The van der Waals surface area contributed by atoms with E-state index in [0.29, 0.717) is 17.5 Å². The Kier molecular flexibility index (Phi) is 5.21. The van der Waals surface area contributed by atoms with Crippen LogP contribution >= 0.6 is 11.8 Å². The van der Waals surface area contributed by atoms with Gasteiger partial charge in [0.15, 0.2) is 5.17 Å². The third-order valence-electron chi connectivity index (χ3n) is 2.87. The predicted molar refractivity (Wildman–Crippen MR) is 86.7 cm³/mol. The van der Waals surface area contributed by atoms with E-state index >= 15 is 0 Å². The summed E-state index contributed by atoms with van der Waals surface area (Å²) >= 11 is 1.33. The van der Waals surface area contributed by atoms with Crippen molar-refractivity contribution in [2.75, 3.05) is 6.54 Å². The number of furan rings is 1. The number of rotatable bonds is 4. The van der Waals surface area contributed by atoms with Crippen LogP contribution in [0.1, 0.15) is 19.6 Å². The van der Waals surface area contributed by atoms with Crippen molar-refractivity contribution in [1.82, 2.24) is 9.91 Å². The van der Waals surface area contributed by atoms with Crippen molar-refractivity contribution in [2.24, 2.45) is 5.10 Å². The van der Waals surface area contributed by atoms with Gasteiger partial charge in [0, 0.05) is 20.4 Å². The van der Waals surface area contributed by atoms with Crippen LogP contribution in [0.15, 0.2) is 46.6 Å². The molecule has 0 bridgehead atoms. The molecule has 0 spiro atoms. The lowest BCUT2D eigenvalue weighted by Gasteiger charge is -2.17. The maximum atomic E-state index is 11.7. The first-order valence-electron chi connectivity index (χ1n) is 6.68. The normalized spacial score (nSPS) is 17.6. The summed E-state index contributed by atoms with van der Waals surface area (Å²) in [5, 5.41) is 5.76. The summed E-state index contributed by atoms with van der Waals surface area (Å²) in [7, 11) is 0. The fourth-order valence-corrected chi connectivity index (χ4v) is 2.99. The smallest absolute Gasteiger partial charge is 0.241 e. The minimum Gasteiger partial charge on any atom is -0.465 e. The molecule has 6 nitrogen and oxygen atoms in total. The number of nitrogens with zero attached hydrogens (tertiary/aromatic N) is 3. The van der Waals surface area contributed by atoms with Crippen LogP contribution in [0.25, 0.3) is 6.08 Å². The summed E-state index contributed by atoms with van der Waals surface area (Å²) in [4.78, 5) is 24.9. The zero-order chi connectivity index (χ0) is 16.1. The van der Waals surface area contributed by atoms with Gasteiger partial charge in [-0.3, -0.25) is 14.5 Å². The van der Waals surface area contributed by atoms with Gasteiger partial charge in [-0.25, -0.2) is 5.01 Å². The van der Waals surface area contributed by atoms with Gasteiger partial charge in [0.1, 0.15) is 11.1 Å². The average Bonchev–Trinajstić information content (AvgIpc) is 3.11. The zero-order valence-electron chi connectivity index (χ0n) is 12.4. The number of hydrogen-bond acceptors (Lipinski definition) is 5. The predicted octanol–water partition coefficient (Wildman–Crippen LogP) is 2.52. The highest BCUT2D eigenvalue weighted by Crippen LogP contribution is 2.29. The molecule has 0 fully saturated rings. The van der Waals surface area contributed by atoms with E-state index in [9.17, 15) is 9.59 Å². The molecule has 2 amide bonds. The Hall–Kier alpha value is -2.28. The second kappa shape index (κ2) is 7.13. The fraction of sp³-hybridized carbons (Fsp3) is 0.267. The maximum absolute atomic E-state index is 11.7. The van der Waals surface area contributed by atoms with Gasteiger partial charge < -0.3 is 4.42 Å². The van der Waals surface area contributed by atoms with Crippen molar-refractivity contribution in [1.29, 1.82) is 0 Å². The molecule has 1 aromatic heterocycles. The van der Waals surface area contributed by atoms with Crippen molar-refractivity contribution >= 4 is 34.8 Å². The van der Waals surface area contributed by atoms with Crippen molar-refractivity contribution in [3.05, 3.63) is 42.9 Å². The highest BCUT2D eigenvalue weighted by molar-refractivity contribution is 8.14. The van der Waals surface area contributed by atoms with Crippen LogP contribution in [0.5, 0.6) is 0 Å². The topological polar surface area (TPSA) is 66.1 Å². The summed E-state index contributed by atoms with van der Waals surface area (Å²) < 4.78 is 5.23. The van der Waals surface area contributed by atoms with Crippen LogP contribution in [-0.4, -0.2) is 38.8 Å². The lowest BCUT2D eigenvalue weighted by molar-refractivity contribution is -0.129. The lowest BCUT2D eigenvalue weighted by atomic mass is 10.4. The van der Waals surface area contributed by atoms with Crippen molar-refractivity contribution < 1.29 is 14.0 Å². The van der Waals surface area contributed by atoms with Gasteiger partial charge >= 0.3 is 0 Å².